The first-order valence-electron chi connectivity index (χ1n) is 13.6. The summed E-state index contributed by atoms with van der Waals surface area (Å²) in [5.74, 6) is -2.02. The summed E-state index contributed by atoms with van der Waals surface area (Å²) in [5, 5.41) is 11.8. The lowest BCUT2D eigenvalue weighted by Crippen LogP contribution is -2.29. The van der Waals surface area contributed by atoms with Crippen LogP contribution in [0.1, 0.15) is 49.2 Å². The molecule has 0 saturated carbocycles. The first kappa shape index (κ1) is 29.5. The molecule has 1 saturated heterocycles. The predicted molar refractivity (Wildman–Crippen MR) is 165 cm³/mol. The van der Waals surface area contributed by atoms with Gasteiger partial charge in [-0.15, -0.1) is 0 Å². The summed E-state index contributed by atoms with van der Waals surface area (Å²) >= 11 is 0.953. The monoisotopic (exact) mass is 594 g/mol. The molecule has 1 aliphatic heterocycles. The van der Waals surface area contributed by atoms with Crippen LogP contribution in [0.15, 0.2) is 91.0 Å². The van der Waals surface area contributed by atoms with Gasteiger partial charge in [0.15, 0.2) is 5.13 Å². The molecule has 0 spiro atoms. The number of aliphatic hydroxyl groups is 1. The number of hydrogen-bond donors (Lipinski definition) is 1. The van der Waals surface area contributed by atoms with Crippen molar-refractivity contribution in [2.75, 3.05) is 11.5 Å². The first-order chi connectivity index (χ1) is 20.7. The lowest BCUT2D eigenvalue weighted by molar-refractivity contribution is -0.132. The SMILES string of the molecule is C=CCOC(=O)c1sc(N2C(=O)C(=O)C(=C(O)c3ccc(OCc4ccccc4)cc3C)[C@H]2c2ccc(C)cc2)nc1C. The maximum Gasteiger partial charge on any atom is 0.350 e. The van der Waals surface area contributed by atoms with Gasteiger partial charge in [0.2, 0.25) is 0 Å². The number of aryl methyl sites for hydroxylation is 3. The van der Waals surface area contributed by atoms with Crippen molar-refractivity contribution in [1.29, 1.82) is 0 Å². The van der Waals surface area contributed by atoms with E-state index in [0.29, 0.717) is 34.7 Å². The maximum atomic E-state index is 13.6. The van der Waals surface area contributed by atoms with E-state index in [9.17, 15) is 19.5 Å². The molecule has 2 heterocycles. The summed E-state index contributed by atoms with van der Waals surface area (Å²) in [7, 11) is 0. The van der Waals surface area contributed by atoms with E-state index in [0.717, 1.165) is 22.5 Å². The Labute approximate surface area is 253 Å². The molecule has 4 aromatic rings. The third-order valence-electron chi connectivity index (χ3n) is 7.05. The first-order valence-corrected chi connectivity index (χ1v) is 14.4. The summed E-state index contributed by atoms with van der Waals surface area (Å²) < 4.78 is 11.1. The minimum absolute atomic E-state index is 0.0226. The number of nitrogens with zero attached hydrogens (tertiary/aromatic N) is 2. The number of ether oxygens (including phenoxy) is 2. The Bertz CT molecular complexity index is 1740. The zero-order valence-electron chi connectivity index (χ0n) is 24.0. The summed E-state index contributed by atoms with van der Waals surface area (Å²) in [6.45, 7) is 9.31. The third kappa shape index (κ3) is 5.98. The molecule has 218 valence electrons. The number of carbonyl (C=O) groups excluding carboxylic acids is 3. The minimum Gasteiger partial charge on any atom is -0.507 e. The zero-order valence-corrected chi connectivity index (χ0v) is 24.8. The molecular formula is C34H30N2O6S. The van der Waals surface area contributed by atoms with E-state index in [2.05, 4.69) is 11.6 Å². The molecule has 8 nitrogen and oxygen atoms in total. The van der Waals surface area contributed by atoms with E-state index in [1.54, 1.807) is 44.2 Å². The van der Waals surface area contributed by atoms with Crippen molar-refractivity contribution in [3.8, 4) is 5.75 Å². The maximum absolute atomic E-state index is 13.6. The number of amides is 1. The van der Waals surface area contributed by atoms with E-state index >= 15 is 0 Å². The molecule has 9 heteroatoms. The van der Waals surface area contributed by atoms with E-state index in [1.807, 2.05) is 49.4 Å². The molecule has 1 fully saturated rings. The van der Waals surface area contributed by atoms with Crippen molar-refractivity contribution in [3.05, 3.63) is 129 Å². The highest BCUT2D eigenvalue weighted by atomic mass is 32.1. The van der Waals surface area contributed by atoms with Crippen molar-refractivity contribution in [1.82, 2.24) is 4.98 Å². The van der Waals surface area contributed by atoms with Crippen LogP contribution in [-0.4, -0.2) is 34.4 Å². The van der Waals surface area contributed by atoms with Gasteiger partial charge in [-0.1, -0.05) is 84.2 Å². The van der Waals surface area contributed by atoms with Crippen LogP contribution in [0.25, 0.3) is 5.76 Å². The number of carbonyl (C=O) groups is 3. The second-order valence-electron chi connectivity index (χ2n) is 10.1. The predicted octanol–water partition coefficient (Wildman–Crippen LogP) is 6.62. The Morgan fingerprint density at radius 2 is 1.77 bits per heavy atom. The second kappa shape index (κ2) is 12.5. The highest BCUT2D eigenvalue weighted by Gasteiger charge is 2.48. The Morgan fingerprint density at radius 3 is 2.44 bits per heavy atom. The summed E-state index contributed by atoms with van der Waals surface area (Å²) in [5.41, 5.74) is 3.95. The molecular weight excluding hydrogens is 564 g/mol. The van der Waals surface area contributed by atoms with Crippen LogP contribution in [0.2, 0.25) is 0 Å². The quantitative estimate of drug-likeness (QED) is 0.0764. The van der Waals surface area contributed by atoms with Gasteiger partial charge in [0.25, 0.3) is 5.78 Å². The molecule has 1 aliphatic rings. The Kier molecular flexibility index (Phi) is 8.54. The summed E-state index contributed by atoms with van der Waals surface area (Å²) in [6, 6.07) is 21.3. The molecule has 3 aromatic carbocycles. The number of hydrogen-bond acceptors (Lipinski definition) is 8. The number of anilines is 1. The van der Waals surface area contributed by atoms with Crippen LogP contribution in [0.5, 0.6) is 5.75 Å². The van der Waals surface area contributed by atoms with Gasteiger partial charge in [-0.25, -0.2) is 9.78 Å². The van der Waals surface area contributed by atoms with Gasteiger partial charge < -0.3 is 14.6 Å². The van der Waals surface area contributed by atoms with Crippen LogP contribution >= 0.6 is 11.3 Å². The van der Waals surface area contributed by atoms with Crippen molar-refractivity contribution in [2.45, 2.75) is 33.4 Å². The normalized spacial score (nSPS) is 15.9. The Hall–Kier alpha value is -5.02. The summed E-state index contributed by atoms with van der Waals surface area (Å²) in [6.07, 6.45) is 1.45. The number of aliphatic hydroxyl groups excluding tert-OH is 1. The summed E-state index contributed by atoms with van der Waals surface area (Å²) in [4.78, 5) is 45.7. The minimum atomic E-state index is -0.975. The van der Waals surface area contributed by atoms with Gasteiger partial charge in [-0.05, 0) is 55.7 Å². The highest BCUT2D eigenvalue weighted by Crippen LogP contribution is 2.44. The van der Waals surface area contributed by atoms with E-state index in [4.69, 9.17) is 9.47 Å². The molecule has 1 atom stereocenters. The molecule has 0 bridgehead atoms. The fraction of sp³-hybridized carbons (Fsp3) is 0.176. The molecule has 0 radical (unpaired) electrons. The standard InChI is InChI=1S/C34H30N2O6S/c1-5-17-41-33(40)31-22(4)35-34(43-31)36-28(24-13-11-20(2)12-14-24)27(30(38)32(36)39)29(37)26-16-15-25(18-21(26)3)42-19-23-9-7-6-8-10-23/h5-16,18,28,37H,1,17,19H2,2-4H3/t28-/m1/s1. The number of aromatic nitrogens is 1. The molecule has 1 aromatic heterocycles. The molecule has 0 aliphatic carbocycles. The fourth-order valence-electron chi connectivity index (χ4n) is 4.85. The van der Waals surface area contributed by atoms with E-state index in [1.165, 1.54) is 11.0 Å². The van der Waals surface area contributed by atoms with Crippen LogP contribution in [0.4, 0.5) is 5.13 Å². The molecule has 43 heavy (non-hydrogen) atoms. The van der Waals surface area contributed by atoms with Gasteiger partial charge in [0, 0.05) is 5.56 Å². The van der Waals surface area contributed by atoms with Crippen molar-refractivity contribution in [2.24, 2.45) is 0 Å². The van der Waals surface area contributed by atoms with Gasteiger partial charge >= 0.3 is 11.9 Å². The topological polar surface area (TPSA) is 106 Å². The number of benzene rings is 3. The number of rotatable bonds is 9. The Morgan fingerprint density at radius 1 is 1.05 bits per heavy atom. The van der Waals surface area contributed by atoms with Gasteiger partial charge in [0.1, 0.15) is 29.6 Å². The van der Waals surface area contributed by atoms with Crippen molar-refractivity contribution < 1.29 is 29.0 Å². The van der Waals surface area contributed by atoms with Crippen LogP contribution in [-0.2, 0) is 20.9 Å². The third-order valence-corrected chi connectivity index (χ3v) is 8.18. The fourth-order valence-corrected chi connectivity index (χ4v) is 5.83. The highest BCUT2D eigenvalue weighted by molar-refractivity contribution is 7.17. The molecule has 1 amide bonds. The average molecular weight is 595 g/mol. The number of thiazole rings is 1. The lowest BCUT2D eigenvalue weighted by atomic mass is 9.93. The van der Waals surface area contributed by atoms with Gasteiger partial charge in [-0.3, -0.25) is 14.5 Å². The number of esters is 1. The molecule has 5 rings (SSSR count). The van der Waals surface area contributed by atoms with Crippen LogP contribution in [0, 0.1) is 20.8 Å². The average Bonchev–Trinajstić information content (AvgIpc) is 3.51. The molecule has 1 N–H and O–H groups in total. The zero-order chi connectivity index (χ0) is 30.7. The molecule has 0 unspecified atom stereocenters. The largest absolute Gasteiger partial charge is 0.507 e. The second-order valence-corrected chi connectivity index (χ2v) is 11.1. The Balaban J connectivity index is 1.55. The smallest absolute Gasteiger partial charge is 0.350 e. The van der Waals surface area contributed by atoms with Crippen molar-refractivity contribution in [3.63, 3.8) is 0 Å². The van der Waals surface area contributed by atoms with Crippen LogP contribution in [0.3, 0.4) is 0 Å². The van der Waals surface area contributed by atoms with Crippen molar-refractivity contribution >= 4 is 39.9 Å². The van der Waals surface area contributed by atoms with Gasteiger partial charge in [0.05, 0.1) is 17.3 Å². The van der Waals surface area contributed by atoms with E-state index in [-0.39, 0.29) is 27.9 Å². The van der Waals surface area contributed by atoms with Crippen LogP contribution < -0.4 is 9.64 Å². The van der Waals surface area contributed by atoms with E-state index < -0.39 is 23.7 Å². The lowest BCUT2D eigenvalue weighted by Gasteiger charge is -2.23. The van der Waals surface area contributed by atoms with Gasteiger partial charge in [-0.2, -0.15) is 0 Å². The number of ketones is 1. The number of Topliss-reactive ketones (excluding diaryl/α,β-unsaturated/α-hetero) is 1.